The maximum absolute atomic E-state index is 11.0. The molecule has 1 aromatic carbocycles. The monoisotopic (exact) mass is 276 g/mol. The number of nitrogens with zero attached hydrogens (tertiary/aromatic N) is 1. The van der Waals surface area contributed by atoms with Crippen molar-refractivity contribution in [3.05, 3.63) is 55.8 Å². The zero-order valence-corrected chi connectivity index (χ0v) is 11.8. The van der Waals surface area contributed by atoms with E-state index in [-0.39, 0.29) is 10.6 Å². The van der Waals surface area contributed by atoms with Gasteiger partial charge in [0.25, 0.3) is 5.69 Å². The van der Waals surface area contributed by atoms with Gasteiger partial charge in [-0.1, -0.05) is 13.0 Å². The molecular formula is C14H16N2O2S. The lowest BCUT2D eigenvalue weighted by Crippen LogP contribution is -2.03. The van der Waals surface area contributed by atoms with E-state index in [9.17, 15) is 10.1 Å². The summed E-state index contributed by atoms with van der Waals surface area (Å²) in [5.74, 6) is 0. The van der Waals surface area contributed by atoms with Gasteiger partial charge in [0.1, 0.15) is 5.69 Å². The minimum atomic E-state index is -0.350. The second kappa shape index (κ2) is 5.84. The Bertz CT molecular complexity index is 593. The Morgan fingerprint density at radius 2 is 2.16 bits per heavy atom. The second-order valence-corrected chi connectivity index (χ2v) is 5.35. The van der Waals surface area contributed by atoms with Crippen molar-refractivity contribution in [3.63, 3.8) is 0 Å². The molecule has 0 amide bonds. The van der Waals surface area contributed by atoms with Crippen LogP contribution in [-0.4, -0.2) is 4.92 Å². The molecule has 1 aromatic heterocycles. The number of anilines is 1. The Labute approximate surface area is 116 Å². The van der Waals surface area contributed by atoms with Crippen LogP contribution in [0.4, 0.5) is 11.4 Å². The molecule has 0 aliphatic rings. The van der Waals surface area contributed by atoms with E-state index in [2.05, 4.69) is 23.7 Å². The molecule has 100 valence electrons. The highest BCUT2D eigenvalue weighted by Gasteiger charge is 2.13. The minimum absolute atomic E-state index is 0.125. The first-order valence-electron chi connectivity index (χ1n) is 6.16. The molecule has 0 saturated heterocycles. The van der Waals surface area contributed by atoms with E-state index >= 15 is 0 Å². The summed E-state index contributed by atoms with van der Waals surface area (Å²) in [6.45, 7) is 4.67. The number of nitrogens with one attached hydrogen (secondary N) is 1. The van der Waals surface area contributed by atoms with Crippen molar-refractivity contribution in [2.75, 3.05) is 5.32 Å². The van der Waals surface area contributed by atoms with Crippen LogP contribution in [-0.2, 0) is 13.0 Å². The first kappa shape index (κ1) is 13.5. The van der Waals surface area contributed by atoms with Gasteiger partial charge < -0.3 is 5.32 Å². The first-order valence-corrected chi connectivity index (χ1v) is 7.04. The van der Waals surface area contributed by atoms with Gasteiger partial charge in [0.05, 0.1) is 4.92 Å². The fourth-order valence-electron chi connectivity index (χ4n) is 1.96. The second-order valence-electron chi connectivity index (χ2n) is 4.35. The van der Waals surface area contributed by atoms with E-state index in [1.54, 1.807) is 23.5 Å². The number of hydrogen-bond donors (Lipinski definition) is 1. The molecule has 0 radical (unpaired) electrons. The lowest BCUT2D eigenvalue weighted by Gasteiger charge is -2.08. The molecule has 0 aliphatic carbocycles. The fraction of sp³-hybridized carbons (Fsp3) is 0.286. The zero-order chi connectivity index (χ0) is 13.8. The number of benzene rings is 1. The van der Waals surface area contributed by atoms with Crippen LogP contribution >= 0.6 is 11.3 Å². The Kier molecular flexibility index (Phi) is 4.16. The van der Waals surface area contributed by atoms with Crippen molar-refractivity contribution in [1.82, 2.24) is 0 Å². The molecule has 2 rings (SSSR count). The van der Waals surface area contributed by atoms with E-state index < -0.39 is 0 Å². The van der Waals surface area contributed by atoms with Crippen molar-refractivity contribution in [2.45, 2.75) is 26.8 Å². The number of nitro groups is 1. The number of rotatable bonds is 5. The normalized spacial score (nSPS) is 10.4. The largest absolute Gasteiger partial charge is 0.375 e. The van der Waals surface area contributed by atoms with Gasteiger partial charge in [-0.25, -0.2) is 0 Å². The Hall–Kier alpha value is -1.88. The highest BCUT2D eigenvalue weighted by Crippen LogP contribution is 2.27. The lowest BCUT2D eigenvalue weighted by molar-refractivity contribution is -0.384. The molecule has 1 heterocycles. The van der Waals surface area contributed by atoms with Crippen LogP contribution in [0.15, 0.2) is 29.6 Å². The van der Waals surface area contributed by atoms with Gasteiger partial charge in [-0.15, -0.1) is 11.3 Å². The van der Waals surface area contributed by atoms with E-state index in [0.29, 0.717) is 12.2 Å². The third-order valence-electron chi connectivity index (χ3n) is 3.01. The summed E-state index contributed by atoms with van der Waals surface area (Å²) in [7, 11) is 0. The van der Waals surface area contributed by atoms with Crippen molar-refractivity contribution in [2.24, 2.45) is 0 Å². The van der Waals surface area contributed by atoms with E-state index in [1.807, 2.05) is 13.0 Å². The summed E-state index contributed by atoms with van der Waals surface area (Å²) < 4.78 is 0. The van der Waals surface area contributed by atoms with Crippen LogP contribution < -0.4 is 5.32 Å². The Balaban J connectivity index is 2.19. The summed E-state index contributed by atoms with van der Waals surface area (Å²) in [5, 5.41) is 16.2. The van der Waals surface area contributed by atoms with Crippen LogP contribution in [0.3, 0.4) is 0 Å². The highest BCUT2D eigenvalue weighted by molar-refractivity contribution is 7.10. The Morgan fingerprint density at radius 1 is 1.37 bits per heavy atom. The molecule has 0 atom stereocenters. The molecule has 4 nitrogen and oxygen atoms in total. The zero-order valence-electron chi connectivity index (χ0n) is 11.0. The van der Waals surface area contributed by atoms with Gasteiger partial charge in [-0.2, -0.15) is 0 Å². The molecule has 1 N–H and O–H groups in total. The molecule has 0 fully saturated rings. The number of nitro benzene ring substituents is 1. The predicted octanol–water partition coefficient (Wildman–Crippen LogP) is 4.14. The van der Waals surface area contributed by atoms with Crippen LogP contribution in [0.1, 0.15) is 22.9 Å². The molecule has 5 heteroatoms. The van der Waals surface area contributed by atoms with Crippen molar-refractivity contribution >= 4 is 22.7 Å². The molecule has 19 heavy (non-hydrogen) atoms. The standard InChI is InChI=1S/C14H16N2O2S/c1-3-11-6-7-19-14(11)9-15-12-8-10(2)4-5-13(12)16(17)18/h4-8,15H,3,9H2,1-2H3. The van der Waals surface area contributed by atoms with Gasteiger partial charge >= 0.3 is 0 Å². The van der Waals surface area contributed by atoms with E-state index in [4.69, 9.17) is 0 Å². The van der Waals surface area contributed by atoms with Crippen LogP contribution in [0.2, 0.25) is 0 Å². The lowest BCUT2D eigenvalue weighted by atomic mass is 10.1. The summed E-state index contributed by atoms with van der Waals surface area (Å²) in [6, 6.07) is 7.22. The van der Waals surface area contributed by atoms with Gasteiger partial charge in [0.2, 0.25) is 0 Å². The fourth-order valence-corrected chi connectivity index (χ4v) is 2.88. The van der Waals surface area contributed by atoms with Gasteiger partial charge in [0, 0.05) is 17.5 Å². The van der Waals surface area contributed by atoms with Crippen LogP contribution in [0.25, 0.3) is 0 Å². The first-order chi connectivity index (χ1) is 9.11. The van der Waals surface area contributed by atoms with Gasteiger partial charge in [-0.3, -0.25) is 10.1 Å². The minimum Gasteiger partial charge on any atom is -0.375 e. The Morgan fingerprint density at radius 3 is 2.84 bits per heavy atom. The average molecular weight is 276 g/mol. The topological polar surface area (TPSA) is 55.2 Å². The number of thiophene rings is 1. The quantitative estimate of drug-likeness (QED) is 0.659. The maximum Gasteiger partial charge on any atom is 0.292 e. The average Bonchev–Trinajstić information content (AvgIpc) is 2.83. The highest BCUT2D eigenvalue weighted by atomic mass is 32.1. The van der Waals surface area contributed by atoms with Crippen molar-refractivity contribution in [3.8, 4) is 0 Å². The van der Waals surface area contributed by atoms with E-state index in [0.717, 1.165) is 12.0 Å². The summed E-state index contributed by atoms with van der Waals surface area (Å²) in [6.07, 6.45) is 0.983. The molecule has 0 aliphatic heterocycles. The maximum atomic E-state index is 11.0. The summed E-state index contributed by atoms with van der Waals surface area (Å²) >= 11 is 1.68. The van der Waals surface area contributed by atoms with Crippen molar-refractivity contribution < 1.29 is 4.92 Å². The van der Waals surface area contributed by atoms with Crippen LogP contribution in [0.5, 0.6) is 0 Å². The van der Waals surface area contributed by atoms with Crippen molar-refractivity contribution in [1.29, 1.82) is 0 Å². The molecule has 0 spiro atoms. The third kappa shape index (κ3) is 3.12. The molecule has 2 aromatic rings. The summed E-state index contributed by atoms with van der Waals surface area (Å²) in [4.78, 5) is 11.9. The third-order valence-corrected chi connectivity index (χ3v) is 3.97. The molecule has 0 unspecified atom stereocenters. The molecular weight excluding hydrogens is 260 g/mol. The number of hydrogen-bond acceptors (Lipinski definition) is 4. The van der Waals surface area contributed by atoms with Gasteiger partial charge in [-0.05, 0) is 42.0 Å². The predicted molar refractivity (Wildman–Crippen MR) is 78.9 cm³/mol. The smallest absolute Gasteiger partial charge is 0.292 e. The van der Waals surface area contributed by atoms with Gasteiger partial charge in [0.15, 0.2) is 0 Å². The van der Waals surface area contributed by atoms with E-state index in [1.165, 1.54) is 10.4 Å². The molecule has 0 bridgehead atoms. The van der Waals surface area contributed by atoms with Crippen LogP contribution in [0, 0.1) is 17.0 Å². The SMILES string of the molecule is CCc1ccsc1CNc1cc(C)ccc1[N+](=O)[O-]. The number of aryl methyl sites for hydroxylation is 2. The molecule has 0 saturated carbocycles. The summed E-state index contributed by atoms with van der Waals surface area (Å²) in [5.41, 5.74) is 3.02.